The molecule has 0 amide bonds. The lowest BCUT2D eigenvalue weighted by atomic mass is 10.0. The zero-order chi connectivity index (χ0) is 14.7. The third kappa shape index (κ3) is 2.85. The Hall–Kier alpha value is -1.70. The van der Waals surface area contributed by atoms with Gasteiger partial charge in [-0.2, -0.15) is 4.37 Å². The molecule has 7 heteroatoms. The van der Waals surface area contributed by atoms with Crippen molar-refractivity contribution >= 4 is 22.4 Å². The van der Waals surface area contributed by atoms with Gasteiger partial charge in [0.15, 0.2) is 0 Å². The van der Waals surface area contributed by atoms with Crippen LogP contribution in [-0.4, -0.2) is 41.8 Å². The molecule has 2 aromatic rings. The van der Waals surface area contributed by atoms with E-state index in [1.807, 2.05) is 12.1 Å². The fourth-order valence-corrected chi connectivity index (χ4v) is 3.15. The largest absolute Gasteiger partial charge is 0.382 e. The van der Waals surface area contributed by atoms with Gasteiger partial charge in [-0.05, 0) is 17.6 Å². The molecule has 1 aliphatic rings. The monoisotopic (exact) mass is 306 g/mol. The van der Waals surface area contributed by atoms with Gasteiger partial charge in [-0.1, -0.05) is 6.07 Å². The lowest BCUT2D eigenvalue weighted by Gasteiger charge is -2.26. The molecule has 0 saturated carbocycles. The maximum atomic E-state index is 6.00. The van der Waals surface area contributed by atoms with Gasteiger partial charge in [0.2, 0.25) is 0 Å². The molecule has 1 atom stereocenters. The molecule has 0 aromatic carbocycles. The number of aromatic nitrogens is 2. The zero-order valence-corrected chi connectivity index (χ0v) is 12.7. The van der Waals surface area contributed by atoms with Crippen molar-refractivity contribution in [2.45, 2.75) is 12.0 Å². The predicted molar refractivity (Wildman–Crippen MR) is 83.4 cm³/mol. The van der Waals surface area contributed by atoms with Gasteiger partial charge in [-0.25, -0.2) is 0 Å². The van der Waals surface area contributed by atoms with Gasteiger partial charge < -0.3 is 20.5 Å². The van der Waals surface area contributed by atoms with E-state index < -0.39 is 0 Å². The predicted octanol–water partition coefficient (Wildman–Crippen LogP) is 2.00. The van der Waals surface area contributed by atoms with Crippen LogP contribution in [0.3, 0.4) is 0 Å². The molecule has 1 aliphatic heterocycles. The highest BCUT2D eigenvalue weighted by Gasteiger charge is 2.35. The number of nitrogens with one attached hydrogen (secondary N) is 1. The van der Waals surface area contributed by atoms with Crippen molar-refractivity contribution in [1.82, 2.24) is 9.36 Å². The number of rotatable bonds is 5. The maximum Gasteiger partial charge on any atom is 0.147 e. The second-order valence-electron chi connectivity index (χ2n) is 5.06. The van der Waals surface area contributed by atoms with E-state index in [1.165, 1.54) is 11.5 Å². The van der Waals surface area contributed by atoms with E-state index in [9.17, 15) is 0 Å². The van der Waals surface area contributed by atoms with Gasteiger partial charge in [-0.3, -0.25) is 4.98 Å². The van der Waals surface area contributed by atoms with Gasteiger partial charge in [0.25, 0.3) is 0 Å². The van der Waals surface area contributed by atoms with Crippen LogP contribution in [-0.2, 0) is 9.47 Å². The second kappa shape index (κ2) is 5.97. The summed E-state index contributed by atoms with van der Waals surface area (Å²) < 4.78 is 15.3. The molecule has 1 fully saturated rings. The molecular weight excluding hydrogens is 288 g/mol. The summed E-state index contributed by atoms with van der Waals surface area (Å²) in [5.74, 6) is 0.518. The molecule has 3 rings (SSSR count). The van der Waals surface area contributed by atoms with Crippen LogP contribution >= 0.6 is 11.5 Å². The fourth-order valence-electron chi connectivity index (χ4n) is 2.42. The summed E-state index contributed by atoms with van der Waals surface area (Å²) in [6.07, 6.45) is 4.41. The van der Waals surface area contributed by atoms with E-state index in [0.29, 0.717) is 19.0 Å². The van der Waals surface area contributed by atoms with E-state index in [2.05, 4.69) is 14.7 Å². The summed E-state index contributed by atoms with van der Waals surface area (Å²) in [4.78, 5) is 4.14. The molecule has 0 bridgehead atoms. The summed E-state index contributed by atoms with van der Waals surface area (Å²) in [6.45, 7) is 2.00. The zero-order valence-electron chi connectivity index (χ0n) is 11.8. The summed E-state index contributed by atoms with van der Waals surface area (Å²) in [6, 6.07) is 3.86. The number of pyridine rings is 1. The number of nitrogens with zero attached hydrogens (tertiary/aromatic N) is 2. The SMILES string of the molecule is COC1(CNc2snc(N)c2-c2cccnc2)CCOC1. The fraction of sp³-hybridized carbons (Fsp3) is 0.429. The summed E-state index contributed by atoms with van der Waals surface area (Å²) in [7, 11) is 1.72. The van der Waals surface area contributed by atoms with Crippen molar-refractivity contribution in [3.8, 4) is 11.1 Å². The first kappa shape index (κ1) is 14.2. The Morgan fingerprint density at radius 3 is 3.14 bits per heavy atom. The summed E-state index contributed by atoms with van der Waals surface area (Å²) in [5, 5.41) is 4.34. The van der Waals surface area contributed by atoms with Crippen molar-refractivity contribution < 1.29 is 9.47 Å². The first-order valence-corrected chi connectivity index (χ1v) is 7.54. The normalized spacial score (nSPS) is 21.6. The van der Waals surface area contributed by atoms with Gasteiger partial charge in [0.05, 0.1) is 12.2 Å². The smallest absolute Gasteiger partial charge is 0.147 e. The van der Waals surface area contributed by atoms with Crippen molar-refractivity contribution in [3.05, 3.63) is 24.5 Å². The van der Waals surface area contributed by atoms with Crippen LogP contribution in [0, 0.1) is 0 Å². The molecule has 112 valence electrons. The Morgan fingerprint density at radius 2 is 2.48 bits per heavy atom. The molecule has 0 spiro atoms. The molecule has 3 heterocycles. The first-order chi connectivity index (χ1) is 10.2. The molecule has 1 saturated heterocycles. The van der Waals surface area contributed by atoms with Crippen LogP contribution in [0.25, 0.3) is 11.1 Å². The number of anilines is 2. The molecule has 0 aliphatic carbocycles. The van der Waals surface area contributed by atoms with E-state index in [4.69, 9.17) is 15.2 Å². The van der Waals surface area contributed by atoms with Crippen molar-refractivity contribution in [2.75, 3.05) is 37.9 Å². The Balaban J connectivity index is 1.81. The summed E-state index contributed by atoms with van der Waals surface area (Å²) >= 11 is 1.35. The van der Waals surface area contributed by atoms with Crippen molar-refractivity contribution in [2.24, 2.45) is 0 Å². The highest BCUT2D eigenvalue weighted by atomic mass is 32.1. The van der Waals surface area contributed by atoms with Gasteiger partial charge in [-0.15, -0.1) is 0 Å². The highest BCUT2D eigenvalue weighted by Crippen LogP contribution is 2.37. The van der Waals surface area contributed by atoms with Crippen LogP contribution in [0.1, 0.15) is 6.42 Å². The third-order valence-electron chi connectivity index (χ3n) is 3.74. The van der Waals surface area contributed by atoms with E-state index in [0.717, 1.165) is 29.2 Å². The number of nitrogens with two attached hydrogens (primary N) is 1. The lowest BCUT2D eigenvalue weighted by Crippen LogP contribution is -2.39. The van der Waals surface area contributed by atoms with Crippen molar-refractivity contribution in [3.63, 3.8) is 0 Å². The minimum Gasteiger partial charge on any atom is -0.382 e. The topological polar surface area (TPSA) is 82.3 Å². The van der Waals surface area contributed by atoms with Crippen LogP contribution in [0.4, 0.5) is 10.8 Å². The number of nitrogen functional groups attached to an aromatic ring is 1. The molecule has 21 heavy (non-hydrogen) atoms. The highest BCUT2D eigenvalue weighted by molar-refractivity contribution is 7.11. The van der Waals surface area contributed by atoms with E-state index in [-0.39, 0.29) is 5.60 Å². The molecule has 0 radical (unpaired) electrons. The maximum absolute atomic E-state index is 6.00. The van der Waals surface area contributed by atoms with Gasteiger partial charge >= 0.3 is 0 Å². The number of hydrogen-bond donors (Lipinski definition) is 2. The average molecular weight is 306 g/mol. The van der Waals surface area contributed by atoms with Crippen LogP contribution in [0.2, 0.25) is 0 Å². The minimum atomic E-state index is -0.273. The van der Waals surface area contributed by atoms with Crippen LogP contribution < -0.4 is 11.1 Å². The van der Waals surface area contributed by atoms with Gasteiger partial charge in [0, 0.05) is 44.6 Å². The molecule has 3 N–H and O–H groups in total. The molecule has 2 aromatic heterocycles. The molecule has 6 nitrogen and oxygen atoms in total. The van der Waals surface area contributed by atoms with E-state index >= 15 is 0 Å². The lowest BCUT2D eigenvalue weighted by molar-refractivity contribution is -0.00614. The van der Waals surface area contributed by atoms with E-state index in [1.54, 1.807) is 19.5 Å². The van der Waals surface area contributed by atoms with Crippen LogP contribution in [0.5, 0.6) is 0 Å². The Labute approximate surface area is 127 Å². The van der Waals surface area contributed by atoms with Crippen molar-refractivity contribution in [1.29, 1.82) is 0 Å². The molecular formula is C14H18N4O2S. The Morgan fingerprint density at radius 1 is 1.57 bits per heavy atom. The standard InChI is InChI=1S/C14H18N4O2S/c1-19-14(4-6-20-9-14)8-17-13-11(12(15)18-21-13)10-3-2-5-16-7-10/h2-3,5,7,17H,4,6,8-9H2,1H3,(H2,15,18). The first-order valence-electron chi connectivity index (χ1n) is 6.76. The molecule has 1 unspecified atom stereocenters. The Kier molecular flexibility index (Phi) is 4.05. The Bertz CT molecular complexity index is 596. The summed E-state index contributed by atoms with van der Waals surface area (Å²) in [5.41, 5.74) is 7.59. The van der Waals surface area contributed by atoms with Crippen LogP contribution in [0.15, 0.2) is 24.5 Å². The van der Waals surface area contributed by atoms with Gasteiger partial charge in [0.1, 0.15) is 16.4 Å². The number of methoxy groups -OCH3 is 1. The number of hydrogen-bond acceptors (Lipinski definition) is 7. The quantitative estimate of drug-likeness (QED) is 0.879. The third-order valence-corrected chi connectivity index (χ3v) is 4.56. The minimum absolute atomic E-state index is 0.273. The number of ether oxygens (including phenoxy) is 2. The second-order valence-corrected chi connectivity index (χ2v) is 5.83. The average Bonchev–Trinajstić information content (AvgIpc) is 3.13.